The van der Waals surface area contributed by atoms with Gasteiger partial charge in [-0.3, -0.25) is 4.79 Å². The lowest BCUT2D eigenvalue weighted by atomic mass is 10.3. The van der Waals surface area contributed by atoms with Gasteiger partial charge in [0, 0.05) is 13.9 Å². The summed E-state index contributed by atoms with van der Waals surface area (Å²) in [6.07, 6.45) is 0. The van der Waals surface area contributed by atoms with Gasteiger partial charge < -0.3 is 10.1 Å². The lowest BCUT2D eigenvalue weighted by Crippen LogP contribution is -2.11. The van der Waals surface area contributed by atoms with Crippen LogP contribution in [0.4, 0.5) is 5.69 Å². The maximum Gasteiger partial charge on any atom is 0.265 e. The Morgan fingerprint density at radius 2 is 2.10 bits per heavy atom. The highest BCUT2D eigenvalue weighted by atomic mass is 79.9. The number of amides is 1. The fourth-order valence-electron chi connectivity index (χ4n) is 1.84. The van der Waals surface area contributed by atoms with Crippen molar-refractivity contribution < 1.29 is 9.53 Å². The molecule has 0 fully saturated rings. The van der Waals surface area contributed by atoms with E-state index in [1.165, 1.54) is 11.3 Å². The number of carbonyl (C=O) groups excluding carboxylic acids is 1. The third-order valence-electron chi connectivity index (χ3n) is 2.77. The fourth-order valence-corrected chi connectivity index (χ4v) is 4.20. The zero-order chi connectivity index (χ0) is 14.1. The zero-order valence-electron chi connectivity index (χ0n) is 10.5. The van der Waals surface area contributed by atoms with Crippen LogP contribution in [0.15, 0.2) is 40.2 Å². The third kappa shape index (κ3) is 2.59. The standard InChI is InChI=1S/C14H10BrNO2S2/c1-18-10-3-2-8(15)6-9(10)16-14(17)13-7-12-11(20-13)4-5-19-12/h2-7H,1H3,(H,16,17). The van der Waals surface area contributed by atoms with Crippen LogP contribution >= 0.6 is 38.6 Å². The first-order chi connectivity index (χ1) is 9.67. The number of benzene rings is 1. The van der Waals surface area contributed by atoms with E-state index in [1.807, 2.05) is 35.7 Å². The van der Waals surface area contributed by atoms with E-state index in [0.29, 0.717) is 16.3 Å². The Bertz CT molecular complexity index is 750. The maximum absolute atomic E-state index is 12.3. The quantitative estimate of drug-likeness (QED) is 0.708. The molecule has 2 aromatic heterocycles. The van der Waals surface area contributed by atoms with Gasteiger partial charge in [-0.05, 0) is 35.7 Å². The highest BCUT2D eigenvalue weighted by molar-refractivity contribution is 9.10. The monoisotopic (exact) mass is 367 g/mol. The Hall–Kier alpha value is -1.37. The summed E-state index contributed by atoms with van der Waals surface area (Å²) in [5.74, 6) is 0.523. The Balaban J connectivity index is 1.88. The summed E-state index contributed by atoms with van der Waals surface area (Å²) in [5.41, 5.74) is 0.656. The number of nitrogens with one attached hydrogen (secondary N) is 1. The van der Waals surface area contributed by atoms with Gasteiger partial charge in [-0.25, -0.2) is 0 Å². The summed E-state index contributed by atoms with van der Waals surface area (Å²) in [7, 11) is 1.58. The minimum absolute atomic E-state index is 0.116. The maximum atomic E-state index is 12.3. The molecule has 2 heterocycles. The van der Waals surface area contributed by atoms with Crippen LogP contribution in [-0.4, -0.2) is 13.0 Å². The van der Waals surface area contributed by atoms with E-state index >= 15 is 0 Å². The van der Waals surface area contributed by atoms with E-state index in [1.54, 1.807) is 18.4 Å². The number of methoxy groups -OCH3 is 1. The number of hydrogen-bond donors (Lipinski definition) is 1. The number of fused-ring (bicyclic) bond motifs is 1. The second kappa shape index (κ2) is 5.55. The molecule has 0 saturated heterocycles. The SMILES string of the molecule is COc1ccc(Br)cc1NC(=O)c1cc2sccc2s1. The van der Waals surface area contributed by atoms with E-state index in [0.717, 1.165) is 13.9 Å². The molecule has 0 spiro atoms. The van der Waals surface area contributed by atoms with Gasteiger partial charge in [-0.2, -0.15) is 0 Å². The molecule has 0 aliphatic rings. The average Bonchev–Trinajstić information content (AvgIpc) is 2.99. The predicted octanol–water partition coefficient (Wildman–Crippen LogP) is 4.99. The highest BCUT2D eigenvalue weighted by Crippen LogP contribution is 2.32. The van der Waals surface area contributed by atoms with Crippen molar-refractivity contribution in [2.75, 3.05) is 12.4 Å². The molecule has 0 aliphatic carbocycles. The summed E-state index contributed by atoms with van der Waals surface area (Å²) in [6.45, 7) is 0. The minimum Gasteiger partial charge on any atom is -0.495 e. The van der Waals surface area contributed by atoms with Crippen molar-refractivity contribution in [3.8, 4) is 5.75 Å². The van der Waals surface area contributed by atoms with E-state index in [9.17, 15) is 4.79 Å². The van der Waals surface area contributed by atoms with E-state index in [4.69, 9.17) is 4.74 Å². The second-order valence-electron chi connectivity index (χ2n) is 4.06. The molecule has 0 radical (unpaired) electrons. The largest absolute Gasteiger partial charge is 0.495 e. The first-order valence-electron chi connectivity index (χ1n) is 5.79. The van der Waals surface area contributed by atoms with Crippen molar-refractivity contribution in [2.45, 2.75) is 0 Å². The molecule has 20 heavy (non-hydrogen) atoms. The molecule has 6 heteroatoms. The van der Waals surface area contributed by atoms with Gasteiger partial charge in [0.1, 0.15) is 5.75 Å². The van der Waals surface area contributed by atoms with Crippen LogP contribution in [0, 0.1) is 0 Å². The van der Waals surface area contributed by atoms with Gasteiger partial charge >= 0.3 is 0 Å². The zero-order valence-corrected chi connectivity index (χ0v) is 13.7. The number of halogens is 1. The Morgan fingerprint density at radius 3 is 2.85 bits per heavy atom. The minimum atomic E-state index is -0.116. The van der Waals surface area contributed by atoms with Crippen molar-refractivity contribution in [2.24, 2.45) is 0 Å². The van der Waals surface area contributed by atoms with Crippen LogP contribution in [0.1, 0.15) is 9.67 Å². The highest BCUT2D eigenvalue weighted by Gasteiger charge is 2.13. The number of carbonyl (C=O) groups is 1. The van der Waals surface area contributed by atoms with Gasteiger partial charge in [-0.15, -0.1) is 22.7 Å². The smallest absolute Gasteiger partial charge is 0.265 e. The van der Waals surface area contributed by atoms with Gasteiger partial charge in [0.2, 0.25) is 0 Å². The first kappa shape index (κ1) is 13.6. The summed E-state index contributed by atoms with van der Waals surface area (Å²) < 4.78 is 8.42. The molecule has 3 nitrogen and oxygen atoms in total. The molecule has 0 bridgehead atoms. The molecule has 0 saturated carbocycles. The number of rotatable bonds is 3. The van der Waals surface area contributed by atoms with Gasteiger partial charge in [0.15, 0.2) is 0 Å². The molecule has 1 amide bonds. The summed E-state index contributed by atoms with van der Waals surface area (Å²) in [6, 6.07) is 9.46. The van der Waals surface area contributed by atoms with Crippen LogP contribution in [0.25, 0.3) is 9.40 Å². The van der Waals surface area contributed by atoms with Gasteiger partial charge in [-0.1, -0.05) is 15.9 Å². The molecule has 3 rings (SSSR count). The summed E-state index contributed by atoms with van der Waals surface area (Å²) >= 11 is 6.53. The summed E-state index contributed by atoms with van der Waals surface area (Å²) in [4.78, 5) is 13.0. The molecule has 0 aliphatic heterocycles. The van der Waals surface area contributed by atoms with Crippen molar-refractivity contribution in [3.05, 3.63) is 45.1 Å². The molecular weight excluding hydrogens is 358 g/mol. The van der Waals surface area contributed by atoms with Crippen molar-refractivity contribution in [3.63, 3.8) is 0 Å². The van der Waals surface area contributed by atoms with E-state index in [-0.39, 0.29) is 5.91 Å². The lowest BCUT2D eigenvalue weighted by Gasteiger charge is -2.09. The third-order valence-corrected chi connectivity index (χ3v) is 5.36. The second-order valence-corrected chi connectivity index (χ2v) is 7.01. The molecule has 0 unspecified atom stereocenters. The molecular formula is C14H10BrNO2S2. The van der Waals surface area contributed by atoms with Crippen molar-refractivity contribution in [1.29, 1.82) is 0 Å². The predicted molar refractivity (Wildman–Crippen MR) is 88.3 cm³/mol. The normalized spacial score (nSPS) is 10.7. The van der Waals surface area contributed by atoms with Gasteiger partial charge in [0.25, 0.3) is 5.91 Å². The van der Waals surface area contributed by atoms with E-state index < -0.39 is 0 Å². The molecule has 3 aromatic rings. The lowest BCUT2D eigenvalue weighted by molar-refractivity contribution is 0.103. The van der Waals surface area contributed by atoms with E-state index in [2.05, 4.69) is 21.2 Å². The first-order valence-corrected chi connectivity index (χ1v) is 8.28. The average molecular weight is 368 g/mol. The molecule has 1 aromatic carbocycles. The van der Waals surface area contributed by atoms with Crippen LogP contribution in [-0.2, 0) is 0 Å². The van der Waals surface area contributed by atoms with Crippen LogP contribution in [0.3, 0.4) is 0 Å². The Labute approximate surface area is 132 Å². The number of ether oxygens (including phenoxy) is 1. The van der Waals surface area contributed by atoms with Crippen LogP contribution in [0.2, 0.25) is 0 Å². The molecule has 0 atom stereocenters. The number of thiophene rings is 2. The number of anilines is 1. The Kier molecular flexibility index (Phi) is 3.78. The summed E-state index contributed by atoms with van der Waals surface area (Å²) in [5, 5.41) is 4.92. The van der Waals surface area contributed by atoms with Crippen LogP contribution < -0.4 is 10.1 Å². The van der Waals surface area contributed by atoms with Crippen molar-refractivity contribution >= 4 is 59.6 Å². The Morgan fingerprint density at radius 1 is 1.25 bits per heavy atom. The topological polar surface area (TPSA) is 38.3 Å². The molecule has 102 valence electrons. The van der Waals surface area contributed by atoms with Crippen LogP contribution in [0.5, 0.6) is 5.75 Å². The van der Waals surface area contributed by atoms with Crippen molar-refractivity contribution in [1.82, 2.24) is 0 Å². The fraction of sp³-hybridized carbons (Fsp3) is 0.0714. The number of hydrogen-bond acceptors (Lipinski definition) is 4. The van der Waals surface area contributed by atoms with Gasteiger partial charge in [0.05, 0.1) is 17.7 Å². The molecule has 1 N–H and O–H groups in total.